The second-order valence-electron chi connectivity index (χ2n) is 6.17. The van der Waals surface area contributed by atoms with Gasteiger partial charge in [0.1, 0.15) is 6.61 Å². The number of nitrogens with zero attached hydrogens (tertiary/aromatic N) is 4. The van der Waals surface area contributed by atoms with Crippen LogP contribution in [0.4, 0.5) is 0 Å². The van der Waals surface area contributed by atoms with Crippen LogP contribution in [0.5, 0.6) is 5.88 Å². The number of benzene rings is 2. The lowest BCUT2D eigenvalue weighted by atomic mass is 10.2. The van der Waals surface area contributed by atoms with Gasteiger partial charge in [0.25, 0.3) is 5.91 Å². The van der Waals surface area contributed by atoms with Crippen molar-refractivity contribution in [3.8, 4) is 17.3 Å². The molecule has 0 unspecified atom stereocenters. The van der Waals surface area contributed by atoms with Gasteiger partial charge in [0.15, 0.2) is 11.5 Å². The minimum Gasteiger partial charge on any atom is -0.475 e. The first kappa shape index (κ1) is 20.6. The maximum Gasteiger partial charge on any atom is 0.252 e. The molecule has 0 saturated heterocycles. The monoisotopic (exact) mass is 505 g/mol. The maximum atomic E-state index is 12.3. The normalized spacial score (nSPS) is 10.9. The topological polar surface area (TPSA) is 81.4 Å². The molecule has 1 N–H and O–H groups in total. The van der Waals surface area contributed by atoms with Crippen LogP contribution < -0.4 is 10.1 Å². The molecule has 30 heavy (non-hydrogen) atoms. The van der Waals surface area contributed by atoms with Gasteiger partial charge in [-0.15, -0.1) is 15.3 Å². The molecular weight excluding hydrogens is 493 g/mol. The fourth-order valence-electron chi connectivity index (χ4n) is 2.75. The highest BCUT2D eigenvalue weighted by Crippen LogP contribution is 2.26. The van der Waals surface area contributed by atoms with E-state index in [2.05, 4.69) is 36.5 Å². The van der Waals surface area contributed by atoms with E-state index in [1.807, 2.05) is 18.2 Å². The van der Waals surface area contributed by atoms with Gasteiger partial charge in [0.05, 0.1) is 22.2 Å². The zero-order chi connectivity index (χ0) is 21.1. The summed E-state index contributed by atoms with van der Waals surface area (Å²) in [5, 5.41) is 16.4. The van der Waals surface area contributed by atoms with Crippen LogP contribution in [0.15, 0.2) is 59.1 Å². The van der Waals surface area contributed by atoms with E-state index >= 15 is 0 Å². The first-order valence-corrected chi connectivity index (χ1v) is 10.4. The highest BCUT2D eigenvalue weighted by molar-refractivity contribution is 9.10. The average molecular weight is 507 g/mol. The second-order valence-corrected chi connectivity index (χ2v) is 7.90. The van der Waals surface area contributed by atoms with E-state index in [1.165, 1.54) is 0 Å². The van der Waals surface area contributed by atoms with Crippen LogP contribution in [-0.2, 0) is 0 Å². The van der Waals surface area contributed by atoms with Crippen LogP contribution >= 0.6 is 39.1 Å². The Labute approximate surface area is 190 Å². The van der Waals surface area contributed by atoms with Gasteiger partial charge in [-0.25, -0.2) is 0 Å². The highest BCUT2D eigenvalue weighted by atomic mass is 79.9. The van der Waals surface area contributed by atoms with Gasteiger partial charge in [-0.3, -0.25) is 4.79 Å². The molecule has 0 aliphatic carbocycles. The van der Waals surface area contributed by atoms with Gasteiger partial charge in [0.2, 0.25) is 5.88 Å². The fraction of sp³-hybridized carbons (Fsp3) is 0.100. The molecule has 152 valence electrons. The number of fused-ring (bicyclic) bond motifs is 1. The molecule has 0 saturated carbocycles. The van der Waals surface area contributed by atoms with Crippen molar-refractivity contribution >= 4 is 50.7 Å². The Morgan fingerprint density at radius 3 is 2.73 bits per heavy atom. The van der Waals surface area contributed by atoms with Crippen molar-refractivity contribution < 1.29 is 9.53 Å². The highest BCUT2D eigenvalue weighted by Gasteiger charge is 2.13. The average Bonchev–Trinajstić information content (AvgIpc) is 3.16. The summed E-state index contributed by atoms with van der Waals surface area (Å²) in [5.41, 5.74) is 1.67. The Morgan fingerprint density at radius 1 is 1.07 bits per heavy atom. The molecule has 0 radical (unpaired) electrons. The molecule has 2 aromatic carbocycles. The van der Waals surface area contributed by atoms with Crippen molar-refractivity contribution in [1.29, 1.82) is 0 Å². The van der Waals surface area contributed by atoms with E-state index < -0.39 is 0 Å². The number of amides is 1. The third kappa shape index (κ3) is 4.40. The van der Waals surface area contributed by atoms with Crippen molar-refractivity contribution in [3.05, 3.63) is 74.7 Å². The molecule has 2 aromatic heterocycles. The van der Waals surface area contributed by atoms with Crippen LogP contribution in [0, 0.1) is 0 Å². The Morgan fingerprint density at radius 2 is 1.90 bits per heavy atom. The number of carbonyl (C=O) groups is 1. The molecule has 2 heterocycles. The van der Waals surface area contributed by atoms with E-state index in [4.69, 9.17) is 27.9 Å². The molecule has 7 nitrogen and oxygen atoms in total. The van der Waals surface area contributed by atoms with Gasteiger partial charge < -0.3 is 10.1 Å². The quantitative estimate of drug-likeness (QED) is 0.384. The van der Waals surface area contributed by atoms with Crippen molar-refractivity contribution in [2.75, 3.05) is 13.2 Å². The molecule has 0 atom stereocenters. The molecule has 0 fully saturated rings. The summed E-state index contributed by atoms with van der Waals surface area (Å²) in [6.45, 7) is 0.500. The minimum atomic E-state index is -0.284. The molecular formula is C20H14BrCl2N5O2. The molecule has 4 aromatic rings. The SMILES string of the molecule is O=C(NCCOc1ccc2nnc(-c3ccccc3Cl)n2n1)c1cc(Br)ccc1Cl. The predicted molar refractivity (Wildman–Crippen MR) is 118 cm³/mol. The van der Waals surface area contributed by atoms with E-state index in [9.17, 15) is 4.79 Å². The van der Waals surface area contributed by atoms with Gasteiger partial charge in [0, 0.05) is 16.1 Å². The van der Waals surface area contributed by atoms with Crippen LogP contribution in [-0.4, -0.2) is 38.9 Å². The molecule has 1 amide bonds. The third-order valence-electron chi connectivity index (χ3n) is 4.16. The van der Waals surface area contributed by atoms with Crippen LogP contribution in [0.1, 0.15) is 10.4 Å². The van der Waals surface area contributed by atoms with Gasteiger partial charge in [-0.05, 0) is 36.4 Å². The molecule has 0 bridgehead atoms. The van der Waals surface area contributed by atoms with E-state index in [1.54, 1.807) is 40.9 Å². The van der Waals surface area contributed by atoms with Crippen LogP contribution in [0.2, 0.25) is 10.0 Å². The number of hydrogen-bond donors (Lipinski definition) is 1. The van der Waals surface area contributed by atoms with Gasteiger partial charge in [-0.2, -0.15) is 4.52 Å². The molecule has 0 spiro atoms. The molecule has 10 heteroatoms. The number of hydrogen-bond acceptors (Lipinski definition) is 5. The Kier molecular flexibility index (Phi) is 6.17. The number of rotatable bonds is 6. The summed E-state index contributed by atoms with van der Waals surface area (Å²) in [6, 6.07) is 15.8. The fourth-order valence-corrected chi connectivity index (χ4v) is 3.53. The van der Waals surface area contributed by atoms with Gasteiger partial charge >= 0.3 is 0 Å². The Balaban J connectivity index is 1.42. The zero-order valence-electron chi connectivity index (χ0n) is 15.3. The lowest BCUT2D eigenvalue weighted by Gasteiger charge is -2.09. The van der Waals surface area contributed by atoms with Gasteiger partial charge in [-0.1, -0.05) is 51.3 Å². The number of ether oxygens (including phenoxy) is 1. The lowest BCUT2D eigenvalue weighted by molar-refractivity contribution is 0.0946. The number of halogens is 3. The number of nitrogens with one attached hydrogen (secondary N) is 1. The van der Waals surface area contributed by atoms with Crippen molar-refractivity contribution in [2.24, 2.45) is 0 Å². The zero-order valence-corrected chi connectivity index (χ0v) is 18.4. The second kappa shape index (κ2) is 8.99. The first-order valence-electron chi connectivity index (χ1n) is 8.86. The maximum absolute atomic E-state index is 12.3. The summed E-state index contributed by atoms with van der Waals surface area (Å²) in [4.78, 5) is 12.3. The Bertz CT molecular complexity index is 1230. The van der Waals surface area contributed by atoms with Crippen LogP contribution in [0.3, 0.4) is 0 Å². The predicted octanol–water partition coefficient (Wildman–Crippen LogP) is 4.67. The summed E-state index contributed by atoms with van der Waals surface area (Å²) < 4.78 is 8.01. The van der Waals surface area contributed by atoms with Crippen LogP contribution in [0.25, 0.3) is 17.0 Å². The Hall–Kier alpha value is -2.68. The lowest BCUT2D eigenvalue weighted by Crippen LogP contribution is -2.28. The van der Waals surface area contributed by atoms with Crippen molar-refractivity contribution in [2.45, 2.75) is 0 Å². The van der Waals surface area contributed by atoms with E-state index in [0.29, 0.717) is 33.0 Å². The standard InChI is InChI=1S/C20H14BrCl2N5O2/c21-12-5-6-16(23)14(11-12)20(29)24-9-10-30-18-8-7-17-25-26-19(28(17)27-18)13-3-1-2-4-15(13)22/h1-8,11H,9-10H2,(H,24,29). The largest absolute Gasteiger partial charge is 0.475 e. The molecule has 4 rings (SSSR count). The number of carbonyl (C=O) groups excluding carboxylic acids is 1. The van der Waals surface area contributed by atoms with E-state index in [-0.39, 0.29) is 19.1 Å². The van der Waals surface area contributed by atoms with E-state index in [0.717, 1.165) is 10.0 Å². The first-order chi connectivity index (χ1) is 14.5. The number of aromatic nitrogens is 4. The summed E-state index contributed by atoms with van der Waals surface area (Å²) in [6.07, 6.45) is 0. The summed E-state index contributed by atoms with van der Waals surface area (Å²) >= 11 is 15.7. The summed E-state index contributed by atoms with van der Waals surface area (Å²) in [5.74, 6) is 0.595. The summed E-state index contributed by atoms with van der Waals surface area (Å²) in [7, 11) is 0. The van der Waals surface area contributed by atoms with Crippen molar-refractivity contribution in [1.82, 2.24) is 25.1 Å². The smallest absolute Gasteiger partial charge is 0.252 e. The minimum absolute atomic E-state index is 0.222. The third-order valence-corrected chi connectivity index (χ3v) is 5.32. The molecule has 0 aliphatic heterocycles. The molecule has 0 aliphatic rings. The van der Waals surface area contributed by atoms with Crippen molar-refractivity contribution in [3.63, 3.8) is 0 Å².